The van der Waals surface area contributed by atoms with E-state index in [4.69, 9.17) is 9.40 Å². The van der Waals surface area contributed by atoms with Crippen molar-refractivity contribution >= 4 is 41.3 Å². The molecule has 0 amide bonds. The highest BCUT2D eigenvalue weighted by atomic mass is 127. The molecule has 3 N–H and O–H groups in total. The van der Waals surface area contributed by atoms with Crippen LogP contribution >= 0.6 is 35.3 Å². The minimum absolute atomic E-state index is 0. The maximum atomic E-state index is 10.5. The molecule has 152 valence electrons. The molecule has 2 rings (SSSR count). The van der Waals surface area contributed by atoms with Crippen LogP contribution in [0.2, 0.25) is 0 Å². The normalized spacial score (nSPS) is 14.4. The molecule has 0 aliphatic rings. The summed E-state index contributed by atoms with van der Waals surface area (Å²) in [7, 11) is 0. The van der Waals surface area contributed by atoms with E-state index in [1.54, 1.807) is 36.7 Å². The van der Waals surface area contributed by atoms with Gasteiger partial charge in [0.05, 0.1) is 23.5 Å². The summed E-state index contributed by atoms with van der Waals surface area (Å²) in [5, 5.41) is 20.3. The molecule has 0 spiro atoms. The molecule has 0 aromatic carbocycles. The van der Waals surface area contributed by atoms with Crippen LogP contribution in [0.5, 0.6) is 0 Å². The predicted octanol–water partition coefficient (Wildman–Crippen LogP) is 3.66. The van der Waals surface area contributed by atoms with Gasteiger partial charge in [-0.15, -0.1) is 35.3 Å². The summed E-state index contributed by atoms with van der Waals surface area (Å²) in [6.45, 7) is 11.9. The zero-order chi connectivity index (χ0) is 19.2. The fourth-order valence-corrected chi connectivity index (χ4v) is 3.32. The van der Waals surface area contributed by atoms with Gasteiger partial charge < -0.3 is 20.2 Å². The van der Waals surface area contributed by atoms with E-state index < -0.39 is 5.60 Å². The molecule has 2 heterocycles. The molecule has 1 atom stereocenters. The quantitative estimate of drug-likeness (QED) is 0.304. The number of rotatable bonds is 7. The van der Waals surface area contributed by atoms with Crippen LogP contribution in [0.15, 0.2) is 33.2 Å². The SMILES string of the molecule is CCNC(=NCC(C)(O)c1ccco1)NCCc1nc(C(C)(C)C)cs1.I. The fraction of sp³-hybridized carbons (Fsp3) is 0.579. The summed E-state index contributed by atoms with van der Waals surface area (Å²) in [6, 6.07) is 3.52. The van der Waals surface area contributed by atoms with E-state index in [1.807, 2.05) is 6.92 Å². The van der Waals surface area contributed by atoms with Gasteiger partial charge in [-0.2, -0.15) is 0 Å². The topological polar surface area (TPSA) is 82.7 Å². The van der Waals surface area contributed by atoms with Crippen molar-refractivity contribution < 1.29 is 9.52 Å². The first-order valence-corrected chi connectivity index (χ1v) is 9.84. The maximum Gasteiger partial charge on any atom is 0.191 e. The summed E-state index contributed by atoms with van der Waals surface area (Å²) in [5.41, 5.74) is 0.0752. The number of aliphatic imine (C=N–C) groups is 1. The second-order valence-corrected chi connectivity index (χ2v) is 8.44. The van der Waals surface area contributed by atoms with Crippen molar-refractivity contribution in [1.29, 1.82) is 0 Å². The fourth-order valence-electron chi connectivity index (χ4n) is 2.30. The maximum absolute atomic E-state index is 10.5. The lowest BCUT2D eigenvalue weighted by Gasteiger charge is -2.19. The number of nitrogens with one attached hydrogen (secondary N) is 2. The minimum atomic E-state index is -1.14. The third kappa shape index (κ3) is 7.42. The van der Waals surface area contributed by atoms with Crippen LogP contribution in [-0.4, -0.2) is 35.7 Å². The Morgan fingerprint density at radius 2 is 2.04 bits per heavy atom. The van der Waals surface area contributed by atoms with Crippen molar-refractivity contribution in [1.82, 2.24) is 15.6 Å². The van der Waals surface area contributed by atoms with E-state index in [2.05, 4.69) is 41.8 Å². The lowest BCUT2D eigenvalue weighted by atomic mass is 9.93. The van der Waals surface area contributed by atoms with Crippen molar-refractivity contribution in [3.05, 3.63) is 40.2 Å². The van der Waals surface area contributed by atoms with Crippen molar-refractivity contribution in [3.63, 3.8) is 0 Å². The smallest absolute Gasteiger partial charge is 0.191 e. The number of halogens is 1. The number of guanidine groups is 1. The van der Waals surface area contributed by atoms with E-state index in [1.165, 1.54) is 0 Å². The largest absolute Gasteiger partial charge is 0.466 e. The van der Waals surface area contributed by atoms with Gasteiger partial charge in [0.1, 0.15) is 11.4 Å². The van der Waals surface area contributed by atoms with Gasteiger partial charge in [0, 0.05) is 30.3 Å². The molecule has 0 saturated carbocycles. The number of thiazole rings is 1. The minimum Gasteiger partial charge on any atom is -0.466 e. The average Bonchev–Trinajstić information content (AvgIpc) is 3.24. The molecule has 1 unspecified atom stereocenters. The van der Waals surface area contributed by atoms with E-state index in [0.717, 1.165) is 30.2 Å². The zero-order valence-electron chi connectivity index (χ0n) is 16.7. The average molecular weight is 506 g/mol. The van der Waals surface area contributed by atoms with Gasteiger partial charge in [0.25, 0.3) is 0 Å². The Hall–Kier alpha value is -1.13. The molecule has 0 radical (unpaired) electrons. The first kappa shape index (κ1) is 23.9. The zero-order valence-corrected chi connectivity index (χ0v) is 19.9. The highest BCUT2D eigenvalue weighted by Gasteiger charge is 2.26. The highest BCUT2D eigenvalue weighted by Crippen LogP contribution is 2.24. The Labute approximate surface area is 182 Å². The Bertz CT molecular complexity index is 706. The number of nitrogens with zero attached hydrogens (tertiary/aromatic N) is 2. The molecule has 0 saturated heterocycles. The van der Waals surface area contributed by atoms with Crippen LogP contribution in [0.25, 0.3) is 0 Å². The summed E-state index contributed by atoms with van der Waals surface area (Å²) >= 11 is 1.69. The Morgan fingerprint density at radius 3 is 2.59 bits per heavy atom. The van der Waals surface area contributed by atoms with Crippen molar-refractivity contribution in [2.24, 2.45) is 4.99 Å². The molecule has 0 aliphatic heterocycles. The van der Waals surface area contributed by atoms with Crippen molar-refractivity contribution in [2.45, 2.75) is 52.1 Å². The van der Waals surface area contributed by atoms with Gasteiger partial charge in [0.15, 0.2) is 5.96 Å². The van der Waals surface area contributed by atoms with Crippen LogP contribution in [0.1, 0.15) is 51.1 Å². The Morgan fingerprint density at radius 1 is 1.30 bits per heavy atom. The standard InChI is InChI=1S/C19H30N4O2S.HI/c1-6-20-17(22-13-19(5,24)15-8-7-11-25-15)21-10-9-16-23-14(12-26-16)18(2,3)4;/h7-8,11-12,24H,6,9-10,13H2,1-5H3,(H2,20,21,22);1H. The van der Waals surface area contributed by atoms with Gasteiger partial charge in [0.2, 0.25) is 0 Å². The number of aromatic nitrogens is 1. The summed E-state index contributed by atoms with van der Waals surface area (Å²) in [5.74, 6) is 1.18. The Kier molecular flexibility index (Phi) is 9.23. The van der Waals surface area contributed by atoms with Gasteiger partial charge in [-0.05, 0) is 26.0 Å². The lowest BCUT2D eigenvalue weighted by molar-refractivity contribution is 0.0437. The third-order valence-electron chi connectivity index (χ3n) is 3.89. The number of furan rings is 1. The van der Waals surface area contributed by atoms with E-state index in [9.17, 15) is 5.11 Å². The molecule has 27 heavy (non-hydrogen) atoms. The molecule has 2 aromatic heterocycles. The molecule has 0 bridgehead atoms. The summed E-state index contributed by atoms with van der Waals surface area (Å²) in [6.07, 6.45) is 2.39. The van der Waals surface area contributed by atoms with Gasteiger partial charge in [-0.3, -0.25) is 0 Å². The first-order chi connectivity index (χ1) is 12.2. The van der Waals surface area contributed by atoms with E-state index in [-0.39, 0.29) is 35.9 Å². The molecule has 2 aromatic rings. The molecule has 8 heteroatoms. The van der Waals surface area contributed by atoms with E-state index in [0.29, 0.717) is 11.7 Å². The molecular weight excluding hydrogens is 475 g/mol. The van der Waals surface area contributed by atoms with Crippen LogP contribution in [0.3, 0.4) is 0 Å². The molecule has 0 fully saturated rings. The number of aliphatic hydroxyl groups is 1. The lowest BCUT2D eigenvalue weighted by Crippen LogP contribution is -2.39. The van der Waals surface area contributed by atoms with Gasteiger partial charge in [-0.1, -0.05) is 20.8 Å². The second kappa shape index (κ2) is 10.4. The highest BCUT2D eigenvalue weighted by molar-refractivity contribution is 14.0. The predicted molar refractivity (Wildman–Crippen MR) is 122 cm³/mol. The van der Waals surface area contributed by atoms with Crippen molar-refractivity contribution in [3.8, 4) is 0 Å². The van der Waals surface area contributed by atoms with Gasteiger partial charge >= 0.3 is 0 Å². The van der Waals surface area contributed by atoms with Crippen molar-refractivity contribution in [2.75, 3.05) is 19.6 Å². The summed E-state index contributed by atoms with van der Waals surface area (Å²) in [4.78, 5) is 9.19. The number of hydrogen-bond acceptors (Lipinski definition) is 5. The summed E-state index contributed by atoms with van der Waals surface area (Å²) < 4.78 is 5.29. The molecule has 0 aliphatic carbocycles. The van der Waals surface area contributed by atoms with Gasteiger partial charge in [-0.25, -0.2) is 9.98 Å². The van der Waals surface area contributed by atoms with Crippen LogP contribution in [-0.2, 0) is 17.4 Å². The van der Waals surface area contributed by atoms with Crippen LogP contribution < -0.4 is 10.6 Å². The van der Waals surface area contributed by atoms with E-state index >= 15 is 0 Å². The van der Waals surface area contributed by atoms with Crippen LogP contribution in [0.4, 0.5) is 0 Å². The monoisotopic (exact) mass is 506 g/mol. The third-order valence-corrected chi connectivity index (χ3v) is 4.80. The Balaban J connectivity index is 0.00000364. The first-order valence-electron chi connectivity index (χ1n) is 8.96. The molecular formula is C19H31IN4O2S. The second-order valence-electron chi connectivity index (χ2n) is 7.50. The molecule has 6 nitrogen and oxygen atoms in total. The van der Waals surface area contributed by atoms with Crippen LogP contribution in [0, 0.1) is 0 Å². The number of hydrogen-bond donors (Lipinski definition) is 3.